The predicted molar refractivity (Wildman–Crippen MR) is 142 cm³/mol. The number of nitrogens with one attached hydrogen (secondary N) is 1. The van der Waals surface area contributed by atoms with Gasteiger partial charge in [-0.05, 0) is 85.4 Å². The Morgan fingerprint density at radius 2 is 1.55 bits per heavy atom. The summed E-state index contributed by atoms with van der Waals surface area (Å²) in [5.74, 6) is 0.0717. The standard InChI is InChI=1S/C29H31F3N2O3S/c1-3-38(36,37)26-14-4-20(5-15-26)18-28(35)33-25-12-8-21(9-13-25)23-16-17-34(2)27(19-23)22-6-10-24(11-7-22)29(30,31)32/h4-15,23,27H,3,16-19H2,1-2H3,(H,33,35). The van der Waals surface area contributed by atoms with Crippen molar-refractivity contribution in [2.75, 3.05) is 24.7 Å². The summed E-state index contributed by atoms with van der Waals surface area (Å²) in [5, 5.41) is 2.88. The highest BCUT2D eigenvalue weighted by Gasteiger charge is 2.32. The Kier molecular flexibility index (Phi) is 8.28. The van der Waals surface area contributed by atoms with Gasteiger partial charge in [0, 0.05) is 11.7 Å². The lowest BCUT2D eigenvalue weighted by Gasteiger charge is -2.38. The molecule has 0 spiro atoms. The molecule has 3 aromatic rings. The summed E-state index contributed by atoms with van der Waals surface area (Å²) in [6.07, 6.45) is -2.50. The number of sulfone groups is 1. The molecule has 0 bridgehead atoms. The van der Waals surface area contributed by atoms with E-state index >= 15 is 0 Å². The molecule has 2 atom stereocenters. The topological polar surface area (TPSA) is 66.5 Å². The molecule has 202 valence electrons. The predicted octanol–water partition coefficient (Wildman–Crippen LogP) is 6.23. The number of halogens is 3. The Hall–Kier alpha value is -3.17. The van der Waals surface area contributed by atoms with E-state index in [2.05, 4.69) is 10.2 Å². The van der Waals surface area contributed by atoms with E-state index in [0.29, 0.717) is 5.69 Å². The van der Waals surface area contributed by atoms with E-state index in [4.69, 9.17) is 0 Å². The van der Waals surface area contributed by atoms with Crippen LogP contribution in [-0.2, 0) is 27.2 Å². The summed E-state index contributed by atoms with van der Waals surface area (Å²) in [5.41, 5.74) is 2.73. The number of carbonyl (C=O) groups excluding carboxylic acids is 1. The molecule has 0 aliphatic carbocycles. The Balaban J connectivity index is 1.37. The van der Waals surface area contributed by atoms with Crippen molar-refractivity contribution < 1.29 is 26.4 Å². The van der Waals surface area contributed by atoms with Crippen molar-refractivity contribution >= 4 is 21.4 Å². The lowest BCUT2D eigenvalue weighted by atomic mass is 9.83. The van der Waals surface area contributed by atoms with Gasteiger partial charge in [-0.3, -0.25) is 9.69 Å². The zero-order valence-electron chi connectivity index (χ0n) is 21.3. The first-order valence-corrected chi connectivity index (χ1v) is 14.2. The molecule has 0 aromatic heterocycles. The second-order valence-electron chi connectivity index (χ2n) is 9.73. The number of piperidine rings is 1. The lowest BCUT2D eigenvalue weighted by molar-refractivity contribution is -0.137. The Bertz CT molecular complexity index is 1350. The van der Waals surface area contributed by atoms with E-state index in [0.717, 1.165) is 48.2 Å². The van der Waals surface area contributed by atoms with Crippen molar-refractivity contribution in [1.82, 2.24) is 4.90 Å². The van der Waals surface area contributed by atoms with Gasteiger partial charge in [0.1, 0.15) is 0 Å². The van der Waals surface area contributed by atoms with E-state index in [1.807, 2.05) is 31.3 Å². The summed E-state index contributed by atoms with van der Waals surface area (Å²) in [6.45, 7) is 2.42. The number of likely N-dealkylation sites (tertiary alicyclic amines) is 1. The second kappa shape index (κ2) is 11.3. The summed E-state index contributed by atoms with van der Waals surface area (Å²) in [4.78, 5) is 14.9. The third kappa shape index (κ3) is 6.63. The Morgan fingerprint density at radius 1 is 0.947 bits per heavy atom. The van der Waals surface area contributed by atoms with E-state index in [1.54, 1.807) is 31.2 Å². The van der Waals surface area contributed by atoms with Crippen LogP contribution in [0.15, 0.2) is 77.7 Å². The van der Waals surface area contributed by atoms with Crippen LogP contribution in [0.5, 0.6) is 0 Å². The molecule has 3 aromatic carbocycles. The molecule has 1 fully saturated rings. The van der Waals surface area contributed by atoms with Crippen molar-refractivity contribution in [2.24, 2.45) is 0 Å². The van der Waals surface area contributed by atoms with Crippen LogP contribution in [0.25, 0.3) is 0 Å². The average molecular weight is 545 g/mol. The molecule has 1 amide bonds. The monoisotopic (exact) mass is 544 g/mol. The molecular formula is C29H31F3N2O3S. The molecular weight excluding hydrogens is 513 g/mol. The molecule has 1 heterocycles. The first-order valence-electron chi connectivity index (χ1n) is 12.5. The minimum Gasteiger partial charge on any atom is -0.326 e. The van der Waals surface area contributed by atoms with Gasteiger partial charge < -0.3 is 5.32 Å². The highest BCUT2D eigenvalue weighted by atomic mass is 32.2. The van der Waals surface area contributed by atoms with Crippen molar-refractivity contribution in [3.05, 3.63) is 95.1 Å². The quantitative estimate of drug-likeness (QED) is 0.383. The van der Waals surface area contributed by atoms with Crippen molar-refractivity contribution in [2.45, 2.75) is 49.2 Å². The fourth-order valence-electron chi connectivity index (χ4n) is 4.88. The van der Waals surface area contributed by atoms with Gasteiger partial charge in [-0.2, -0.15) is 13.2 Å². The van der Waals surface area contributed by atoms with E-state index in [9.17, 15) is 26.4 Å². The maximum atomic E-state index is 13.0. The van der Waals surface area contributed by atoms with Gasteiger partial charge in [-0.15, -0.1) is 0 Å². The van der Waals surface area contributed by atoms with Gasteiger partial charge in [0.2, 0.25) is 5.91 Å². The fraction of sp³-hybridized carbons (Fsp3) is 0.345. The van der Waals surface area contributed by atoms with E-state index in [1.165, 1.54) is 12.1 Å². The molecule has 1 N–H and O–H groups in total. The third-order valence-electron chi connectivity index (χ3n) is 7.19. The second-order valence-corrected chi connectivity index (χ2v) is 12.0. The number of nitrogens with zero attached hydrogens (tertiary/aromatic N) is 1. The number of rotatable bonds is 7. The van der Waals surface area contributed by atoms with Crippen LogP contribution >= 0.6 is 0 Å². The minimum absolute atomic E-state index is 0.0223. The summed E-state index contributed by atoms with van der Waals surface area (Å²) in [6, 6.07) is 19.5. The molecule has 38 heavy (non-hydrogen) atoms. The van der Waals surface area contributed by atoms with Gasteiger partial charge in [-0.1, -0.05) is 43.3 Å². The van der Waals surface area contributed by atoms with Gasteiger partial charge in [-0.25, -0.2) is 8.42 Å². The van der Waals surface area contributed by atoms with Crippen molar-refractivity contribution in [1.29, 1.82) is 0 Å². The van der Waals surface area contributed by atoms with Crippen LogP contribution < -0.4 is 5.32 Å². The first-order chi connectivity index (χ1) is 18.0. The minimum atomic E-state index is -4.35. The normalized spacial score (nSPS) is 18.8. The van der Waals surface area contributed by atoms with Crippen LogP contribution in [0.3, 0.4) is 0 Å². The molecule has 0 radical (unpaired) electrons. The molecule has 9 heteroatoms. The Morgan fingerprint density at radius 3 is 2.13 bits per heavy atom. The molecule has 1 aliphatic rings. The van der Waals surface area contributed by atoms with Crippen LogP contribution in [0.2, 0.25) is 0 Å². The maximum absolute atomic E-state index is 13.0. The molecule has 2 unspecified atom stereocenters. The van der Waals surface area contributed by atoms with Crippen molar-refractivity contribution in [3.8, 4) is 0 Å². The van der Waals surface area contributed by atoms with Gasteiger partial charge >= 0.3 is 6.18 Å². The fourth-order valence-corrected chi connectivity index (χ4v) is 5.76. The summed E-state index contributed by atoms with van der Waals surface area (Å²) in [7, 11) is -1.29. The van der Waals surface area contributed by atoms with Crippen LogP contribution in [0.4, 0.5) is 18.9 Å². The molecule has 1 saturated heterocycles. The summed E-state index contributed by atoms with van der Waals surface area (Å²) < 4.78 is 62.8. The summed E-state index contributed by atoms with van der Waals surface area (Å²) >= 11 is 0. The Labute approximate surface area is 221 Å². The number of carbonyl (C=O) groups is 1. The maximum Gasteiger partial charge on any atom is 0.416 e. The average Bonchev–Trinajstić information content (AvgIpc) is 2.89. The lowest BCUT2D eigenvalue weighted by Crippen LogP contribution is -2.33. The third-order valence-corrected chi connectivity index (χ3v) is 8.94. The number of amides is 1. The zero-order chi connectivity index (χ0) is 27.5. The largest absolute Gasteiger partial charge is 0.416 e. The molecule has 0 saturated carbocycles. The number of hydrogen-bond donors (Lipinski definition) is 1. The zero-order valence-corrected chi connectivity index (χ0v) is 22.1. The highest BCUT2D eigenvalue weighted by molar-refractivity contribution is 7.91. The van der Waals surface area contributed by atoms with Crippen LogP contribution in [0.1, 0.15) is 54.0 Å². The SMILES string of the molecule is CCS(=O)(=O)c1ccc(CC(=O)Nc2ccc(C3CCN(C)C(c4ccc(C(F)(F)F)cc4)C3)cc2)cc1. The van der Waals surface area contributed by atoms with Crippen LogP contribution in [-0.4, -0.2) is 38.6 Å². The van der Waals surface area contributed by atoms with Gasteiger partial charge in [0.15, 0.2) is 9.84 Å². The van der Waals surface area contributed by atoms with Gasteiger partial charge in [0.05, 0.1) is 22.6 Å². The molecule has 4 rings (SSSR count). The van der Waals surface area contributed by atoms with E-state index in [-0.39, 0.29) is 34.9 Å². The number of hydrogen-bond acceptors (Lipinski definition) is 4. The number of benzene rings is 3. The molecule has 5 nitrogen and oxygen atoms in total. The van der Waals surface area contributed by atoms with Crippen LogP contribution in [0, 0.1) is 0 Å². The first kappa shape index (κ1) is 27.9. The van der Waals surface area contributed by atoms with E-state index < -0.39 is 21.6 Å². The van der Waals surface area contributed by atoms with Gasteiger partial charge in [0.25, 0.3) is 0 Å². The number of anilines is 1. The van der Waals surface area contributed by atoms with Crippen molar-refractivity contribution in [3.63, 3.8) is 0 Å². The highest BCUT2D eigenvalue weighted by Crippen LogP contribution is 2.39. The smallest absolute Gasteiger partial charge is 0.326 e. The molecule has 1 aliphatic heterocycles. The number of alkyl halides is 3.